The highest BCUT2D eigenvalue weighted by atomic mass is 32.2. The van der Waals surface area contributed by atoms with E-state index in [2.05, 4.69) is 6.08 Å². The first-order chi connectivity index (χ1) is 8.74. The van der Waals surface area contributed by atoms with Crippen molar-refractivity contribution in [3.63, 3.8) is 0 Å². The SMILES string of the molecule is CC(C)(O)C(C)(C)OSC1=CCC2(CC1)OCCO2. The van der Waals surface area contributed by atoms with Gasteiger partial charge in [0.15, 0.2) is 5.79 Å². The second-order valence-electron chi connectivity index (χ2n) is 6.22. The Morgan fingerprint density at radius 2 is 1.89 bits per heavy atom. The van der Waals surface area contributed by atoms with Gasteiger partial charge in [-0.3, -0.25) is 0 Å². The predicted octanol–water partition coefficient (Wildman–Crippen LogP) is 3.01. The monoisotopic (exact) mass is 288 g/mol. The Hall–Kier alpha value is -0.0700. The Morgan fingerprint density at radius 3 is 2.37 bits per heavy atom. The molecule has 0 saturated carbocycles. The van der Waals surface area contributed by atoms with Crippen molar-refractivity contribution in [2.24, 2.45) is 0 Å². The van der Waals surface area contributed by atoms with Crippen molar-refractivity contribution in [1.82, 2.24) is 0 Å². The fourth-order valence-electron chi connectivity index (χ4n) is 1.88. The summed E-state index contributed by atoms with van der Waals surface area (Å²) >= 11 is 1.36. The molecule has 1 heterocycles. The summed E-state index contributed by atoms with van der Waals surface area (Å²) in [6.07, 6.45) is 4.67. The van der Waals surface area contributed by atoms with E-state index in [-0.39, 0.29) is 5.79 Å². The average molecular weight is 288 g/mol. The molecule has 2 rings (SSSR count). The lowest BCUT2D eigenvalue weighted by Gasteiger charge is -2.37. The molecule has 1 saturated heterocycles. The Kier molecular flexibility index (Phi) is 4.33. The van der Waals surface area contributed by atoms with E-state index < -0.39 is 11.2 Å². The van der Waals surface area contributed by atoms with Crippen molar-refractivity contribution in [2.45, 2.75) is 63.9 Å². The zero-order valence-corrected chi connectivity index (χ0v) is 13.0. The molecule has 19 heavy (non-hydrogen) atoms. The summed E-state index contributed by atoms with van der Waals surface area (Å²) in [6, 6.07) is 0. The summed E-state index contributed by atoms with van der Waals surface area (Å²) in [5.74, 6) is -0.379. The minimum absolute atomic E-state index is 0.379. The number of hydrogen-bond donors (Lipinski definition) is 1. The maximum atomic E-state index is 10.0. The van der Waals surface area contributed by atoms with Crippen LogP contribution in [0.15, 0.2) is 11.0 Å². The molecule has 0 atom stereocenters. The molecular formula is C14H24O4S. The van der Waals surface area contributed by atoms with Crippen molar-refractivity contribution in [1.29, 1.82) is 0 Å². The fraction of sp³-hybridized carbons (Fsp3) is 0.857. The van der Waals surface area contributed by atoms with Crippen LogP contribution in [0.25, 0.3) is 0 Å². The normalized spacial score (nSPS) is 23.7. The van der Waals surface area contributed by atoms with Crippen LogP contribution in [0.3, 0.4) is 0 Å². The van der Waals surface area contributed by atoms with Gasteiger partial charge in [0.25, 0.3) is 0 Å². The molecule has 0 unspecified atom stereocenters. The lowest BCUT2D eigenvalue weighted by atomic mass is 9.90. The molecule has 2 aliphatic rings. The second kappa shape index (κ2) is 5.37. The Balaban J connectivity index is 1.87. The average Bonchev–Trinajstić information content (AvgIpc) is 2.76. The van der Waals surface area contributed by atoms with Crippen LogP contribution in [0.5, 0.6) is 0 Å². The van der Waals surface area contributed by atoms with Gasteiger partial charge in [0.2, 0.25) is 0 Å². The molecule has 4 nitrogen and oxygen atoms in total. The third kappa shape index (κ3) is 3.52. The van der Waals surface area contributed by atoms with Crippen LogP contribution >= 0.6 is 12.0 Å². The van der Waals surface area contributed by atoms with E-state index in [1.165, 1.54) is 16.9 Å². The third-order valence-corrected chi connectivity index (χ3v) is 5.12. The van der Waals surface area contributed by atoms with Crippen LogP contribution in [0.2, 0.25) is 0 Å². The highest BCUT2D eigenvalue weighted by Gasteiger charge is 2.40. The molecule has 1 spiro atoms. The summed E-state index contributed by atoms with van der Waals surface area (Å²) in [5.41, 5.74) is -1.48. The van der Waals surface area contributed by atoms with E-state index in [9.17, 15) is 5.11 Å². The first-order valence-corrected chi connectivity index (χ1v) is 7.53. The zero-order chi connectivity index (χ0) is 14.1. The van der Waals surface area contributed by atoms with Crippen LogP contribution in [0, 0.1) is 0 Å². The largest absolute Gasteiger partial charge is 0.387 e. The van der Waals surface area contributed by atoms with E-state index in [4.69, 9.17) is 13.7 Å². The quantitative estimate of drug-likeness (QED) is 0.806. The number of hydrogen-bond acceptors (Lipinski definition) is 5. The van der Waals surface area contributed by atoms with E-state index in [0.717, 1.165) is 19.3 Å². The molecule has 5 heteroatoms. The lowest BCUT2D eigenvalue weighted by Crippen LogP contribution is -2.45. The second-order valence-corrected chi connectivity index (χ2v) is 7.08. The Morgan fingerprint density at radius 1 is 1.26 bits per heavy atom. The van der Waals surface area contributed by atoms with Gasteiger partial charge in [-0.2, -0.15) is 0 Å². The number of rotatable bonds is 4. The van der Waals surface area contributed by atoms with Crippen molar-refractivity contribution in [3.8, 4) is 0 Å². The highest BCUT2D eigenvalue weighted by molar-refractivity contribution is 7.98. The van der Waals surface area contributed by atoms with Gasteiger partial charge in [-0.05, 0) is 34.1 Å². The highest BCUT2D eigenvalue weighted by Crippen LogP contribution is 2.41. The van der Waals surface area contributed by atoms with Gasteiger partial charge in [-0.15, -0.1) is 0 Å². The van der Waals surface area contributed by atoms with Crippen molar-refractivity contribution < 1.29 is 18.8 Å². The minimum atomic E-state index is -0.881. The molecule has 0 bridgehead atoms. The number of ether oxygens (including phenoxy) is 2. The van der Waals surface area contributed by atoms with Crippen molar-refractivity contribution in [3.05, 3.63) is 11.0 Å². The van der Waals surface area contributed by atoms with Crippen LogP contribution in [-0.2, 0) is 13.7 Å². The summed E-state index contributed by atoms with van der Waals surface area (Å²) in [7, 11) is 0. The van der Waals surface area contributed by atoms with Crippen molar-refractivity contribution in [2.75, 3.05) is 13.2 Å². The number of aliphatic hydroxyl groups is 1. The van der Waals surface area contributed by atoms with Gasteiger partial charge in [0, 0.05) is 29.8 Å². The molecule has 0 amide bonds. The van der Waals surface area contributed by atoms with E-state index in [0.29, 0.717) is 13.2 Å². The van der Waals surface area contributed by atoms with Gasteiger partial charge in [-0.25, -0.2) is 0 Å². The predicted molar refractivity (Wildman–Crippen MR) is 75.6 cm³/mol. The topological polar surface area (TPSA) is 47.9 Å². The lowest BCUT2D eigenvalue weighted by molar-refractivity contribution is -0.160. The smallest absolute Gasteiger partial charge is 0.172 e. The fourth-order valence-corrected chi connectivity index (χ4v) is 2.74. The van der Waals surface area contributed by atoms with Crippen LogP contribution in [0.4, 0.5) is 0 Å². The van der Waals surface area contributed by atoms with Gasteiger partial charge in [-0.1, -0.05) is 6.08 Å². The van der Waals surface area contributed by atoms with Gasteiger partial charge in [0.1, 0.15) is 5.60 Å². The maximum Gasteiger partial charge on any atom is 0.172 e. The molecule has 0 aromatic heterocycles. The zero-order valence-electron chi connectivity index (χ0n) is 12.2. The standard InChI is InChI=1S/C14H24O4S/c1-12(2,15)13(3,4)18-19-11-5-7-14(8-6-11)16-9-10-17-14/h5,15H,6-10H2,1-4H3. The molecule has 1 aliphatic heterocycles. The first kappa shape index (κ1) is 15.3. The summed E-state index contributed by atoms with van der Waals surface area (Å²) in [4.78, 5) is 1.18. The molecule has 0 radical (unpaired) electrons. The molecule has 0 aromatic rings. The van der Waals surface area contributed by atoms with Crippen molar-refractivity contribution >= 4 is 12.0 Å². The van der Waals surface area contributed by atoms with E-state index >= 15 is 0 Å². The molecule has 1 aliphatic carbocycles. The summed E-state index contributed by atoms with van der Waals surface area (Å²) < 4.78 is 17.1. The third-order valence-electron chi connectivity index (χ3n) is 4.04. The van der Waals surface area contributed by atoms with Gasteiger partial charge < -0.3 is 18.8 Å². The minimum Gasteiger partial charge on any atom is -0.387 e. The maximum absolute atomic E-state index is 10.0. The summed E-state index contributed by atoms with van der Waals surface area (Å²) in [6.45, 7) is 8.70. The van der Waals surface area contributed by atoms with Gasteiger partial charge in [0.05, 0.1) is 18.8 Å². The molecule has 1 fully saturated rings. The first-order valence-electron chi connectivity index (χ1n) is 6.79. The van der Waals surface area contributed by atoms with Crippen LogP contribution in [0.1, 0.15) is 47.0 Å². The van der Waals surface area contributed by atoms with E-state index in [1.807, 2.05) is 13.8 Å². The Labute approximate surface area is 119 Å². The van der Waals surface area contributed by atoms with Crippen LogP contribution in [-0.4, -0.2) is 35.3 Å². The molecular weight excluding hydrogens is 264 g/mol. The molecule has 1 N–H and O–H groups in total. The molecule has 110 valence electrons. The number of allylic oxidation sites excluding steroid dienone is 1. The Bertz CT molecular complexity index is 351. The summed E-state index contributed by atoms with van der Waals surface area (Å²) in [5, 5.41) is 10.0. The van der Waals surface area contributed by atoms with E-state index in [1.54, 1.807) is 13.8 Å². The van der Waals surface area contributed by atoms with Gasteiger partial charge >= 0.3 is 0 Å². The molecule has 0 aromatic carbocycles. The van der Waals surface area contributed by atoms with Crippen LogP contribution < -0.4 is 0 Å².